The summed E-state index contributed by atoms with van der Waals surface area (Å²) >= 11 is 0. The van der Waals surface area contributed by atoms with E-state index in [0.29, 0.717) is 0 Å². The van der Waals surface area contributed by atoms with E-state index in [1.165, 1.54) is 123 Å². The van der Waals surface area contributed by atoms with Gasteiger partial charge in [0, 0.05) is 26.2 Å². The van der Waals surface area contributed by atoms with Crippen LogP contribution in [0.3, 0.4) is 0 Å². The molecule has 0 spiro atoms. The average Bonchev–Trinajstić information content (AvgIpc) is 3.58. The van der Waals surface area contributed by atoms with Gasteiger partial charge < -0.3 is 24.9 Å². The summed E-state index contributed by atoms with van der Waals surface area (Å²) in [6.07, 6.45) is 10.8. The molecule has 0 unspecified atom stereocenters. The van der Waals surface area contributed by atoms with Crippen molar-refractivity contribution in [3.63, 3.8) is 0 Å². The third-order valence-electron chi connectivity index (χ3n) is 5.72. The molecular weight excluding hydrogens is 346 g/mol. The van der Waals surface area contributed by atoms with Crippen LogP contribution in [0, 0.1) is 0 Å². The number of hydrogen-bond acceptors (Lipinski definition) is 5. The molecule has 2 heterocycles. The van der Waals surface area contributed by atoms with Crippen molar-refractivity contribution >= 4 is 0 Å². The first-order chi connectivity index (χ1) is 13.7. The van der Waals surface area contributed by atoms with Crippen molar-refractivity contribution in [2.75, 3.05) is 93.1 Å². The Morgan fingerprint density at radius 3 is 1.50 bits per heavy atom. The Bertz CT molecular complexity index is 299. The summed E-state index contributed by atoms with van der Waals surface area (Å²) in [7, 11) is 6.55. The lowest BCUT2D eigenvalue weighted by molar-refractivity contribution is 0.282. The van der Waals surface area contributed by atoms with E-state index >= 15 is 0 Å². The van der Waals surface area contributed by atoms with E-state index in [1.54, 1.807) is 0 Å². The molecule has 1 N–H and O–H groups in total. The van der Waals surface area contributed by atoms with Crippen LogP contribution in [0.4, 0.5) is 0 Å². The van der Waals surface area contributed by atoms with Crippen LogP contribution in [0.1, 0.15) is 58.3 Å². The second-order valence-electron chi connectivity index (χ2n) is 8.87. The largest absolute Gasteiger partial charge is 0.320 e. The molecule has 168 valence electrons. The van der Waals surface area contributed by atoms with Crippen LogP contribution >= 0.6 is 0 Å². The minimum absolute atomic E-state index is 1.18. The van der Waals surface area contributed by atoms with Gasteiger partial charge in [-0.2, -0.15) is 0 Å². The monoisotopic (exact) mass is 397 g/mol. The van der Waals surface area contributed by atoms with Gasteiger partial charge in [0.15, 0.2) is 0 Å². The van der Waals surface area contributed by atoms with Crippen molar-refractivity contribution in [3.8, 4) is 0 Å². The number of nitrogens with one attached hydrogen (secondary N) is 1. The van der Waals surface area contributed by atoms with Crippen LogP contribution in [0.15, 0.2) is 0 Å². The SMILES string of the molecule is CCCCCCNC.CN(CCCCN(C)CCCN1CC1)CCCN1CC1. The van der Waals surface area contributed by atoms with E-state index in [2.05, 4.69) is 45.9 Å². The van der Waals surface area contributed by atoms with Gasteiger partial charge >= 0.3 is 0 Å². The van der Waals surface area contributed by atoms with E-state index in [1.807, 2.05) is 7.05 Å². The molecule has 0 radical (unpaired) electrons. The van der Waals surface area contributed by atoms with Gasteiger partial charge in [0.1, 0.15) is 0 Å². The molecule has 2 aliphatic rings. The number of nitrogens with zero attached hydrogens (tertiary/aromatic N) is 4. The smallest absolute Gasteiger partial charge is 0.0110 e. The zero-order chi connectivity index (χ0) is 20.5. The van der Waals surface area contributed by atoms with Crippen molar-refractivity contribution < 1.29 is 0 Å². The first kappa shape index (κ1) is 25.8. The molecule has 0 aromatic rings. The van der Waals surface area contributed by atoms with Gasteiger partial charge in [0.05, 0.1) is 0 Å². The molecule has 28 heavy (non-hydrogen) atoms. The number of hydrogen-bond donors (Lipinski definition) is 1. The van der Waals surface area contributed by atoms with Crippen molar-refractivity contribution in [3.05, 3.63) is 0 Å². The van der Waals surface area contributed by atoms with Gasteiger partial charge in [0.2, 0.25) is 0 Å². The molecule has 2 fully saturated rings. The zero-order valence-electron chi connectivity index (χ0n) is 19.7. The van der Waals surface area contributed by atoms with Crippen LogP contribution in [0.2, 0.25) is 0 Å². The average molecular weight is 398 g/mol. The standard InChI is InChI=1S/C16H34N4.C7H17N/c1-17(9-5-11-19-13-14-19)7-3-4-8-18(2)10-6-12-20-15-16-20;1-3-4-5-6-7-8-2/h3-16H2,1-2H3;8H,3-7H2,1-2H3. The molecule has 2 aliphatic heterocycles. The lowest BCUT2D eigenvalue weighted by Crippen LogP contribution is -2.25. The van der Waals surface area contributed by atoms with E-state index in [4.69, 9.17) is 0 Å². The predicted octanol–water partition coefficient (Wildman–Crippen LogP) is 2.83. The minimum Gasteiger partial charge on any atom is -0.320 e. The highest BCUT2D eigenvalue weighted by atomic mass is 15.3. The highest BCUT2D eigenvalue weighted by molar-refractivity contribution is 4.73. The second kappa shape index (κ2) is 17.6. The first-order valence-electron chi connectivity index (χ1n) is 12.1. The molecule has 0 amide bonds. The summed E-state index contributed by atoms with van der Waals surface area (Å²) in [6, 6.07) is 0. The van der Waals surface area contributed by atoms with Crippen molar-refractivity contribution in [1.29, 1.82) is 0 Å². The highest BCUT2D eigenvalue weighted by Gasteiger charge is 2.16. The zero-order valence-corrected chi connectivity index (χ0v) is 19.7. The Morgan fingerprint density at radius 2 is 1.11 bits per heavy atom. The lowest BCUT2D eigenvalue weighted by atomic mass is 10.2. The van der Waals surface area contributed by atoms with Gasteiger partial charge in [-0.15, -0.1) is 0 Å². The van der Waals surface area contributed by atoms with Crippen LogP contribution in [0.25, 0.3) is 0 Å². The van der Waals surface area contributed by atoms with Gasteiger partial charge in [-0.3, -0.25) is 0 Å². The Kier molecular flexibility index (Phi) is 16.3. The summed E-state index contributed by atoms with van der Waals surface area (Å²) < 4.78 is 0. The van der Waals surface area contributed by atoms with Crippen molar-refractivity contribution in [2.45, 2.75) is 58.3 Å². The Balaban J connectivity index is 0.000000416. The van der Waals surface area contributed by atoms with Crippen LogP contribution in [-0.4, -0.2) is 113 Å². The maximum atomic E-state index is 3.13. The fraction of sp³-hybridized carbons (Fsp3) is 1.00. The van der Waals surface area contributed by atoms with Crippen LogP contribution in [-0.2, 0) is 0 Å². The number of rotatable bonds is 18. The Labute approximate surface area is 176 Å². The predicted molar refractivity (Wildman–Crippen MR) is 124 cm³/mol. The fourth-order valence-corrected chi connectivity index (χ4v) is 3.43. The topological polar surface area (TPSA) is 24.5 Å². The first-order valence-corrected chi connectivity index (χ1v) is 12.1. The van der Waals surface area contributed by atoms with E-state index in [9.17, 15) is 0 Å². The molecule has 2 saturated heterocycles. The summed E-state index contributed by atoms with van der Waals surface area (Å²) in [5, 5.41) is 3.13. The molecule has 0 aliphatic carbocycles. The van der Waals surface area contributed by atoms with Crippen LogP contribution < -0.4 is 5.32 Å². The number of unbranched alkanes of at least 4 members (excludes halogenated alkanes) is 4. The quantitative estimate of drug-likeness (QED) is 0.283. The molecule has 0 atom stereocenters. The maximum absolute atomic E-state index is 3.13. The van der Waals surface area contributed by atoms with E-state index in [-0.39, 0.29) is 0 Å². The summed E-state index contributed by atoms with van der Waals surface area (Å²) in [6.45, 7) is 16.5. The van der Waals surface area contributed by atoms with Crippen LogP contribution in [0.5, 0.6) is 0 Å². The maximum Gasteiger partial charge on any atom is 0.0110 e. The molecule has 2 rings (SSSR count). The van der Waals surface area contributed by atoms with Gasteiger partial charge in [0.25, 0.3) is 0 Å². The Hall–Kier alpha value is -0.200. The second-order valence-corrected chi connectivity index (χ2v) is 8.87. The summed E-state index contributed by atoms with van der Waals surface area (Å²) in [5.74, 6) is 0. The molecule has 0 bridgehead atoms. The van der Waals surface area contributed by atoms with E-state index in [0.717, 1.165) is 0 Å². The molecule has 5 nitrogen and oxygen atoms in total. The third-order valence-corrected chi connectivity index (χ3v) is 5.72. The molecular formula is C23H51N5. The molecule has 0 aromatic heterocycles. The normalized spacial score (nSPS) is 16.5. The third kappa shape index (κ3) is 17.9. The Morgan fingerprint density at radius 1 is 0.643 bits per heavy atom. The van der Waals surface area contributed by atoms with E-state index < -0.39 is 0 Å². The molecule has 0 aromatic carbocycles. The highest BCUT2D eigenvalue weighted by Crippen LogP contribution is 2.06. The van der Waals surface area contributed by atoms with Gasteiger partial charge in [-0.05, 0) is 99.1 Å². The summed E-state index contributed by atoms with van der Waals surface area (Å²) in [5.41, 5.74) is 0. The molecule has 0 saturated carbocycles. The van der Waals surface area contributed by atoms with Gasteiger partial charge in [-0.25, -0.2) is 0 Å². The summed E-state index contributed by atoms with van der Waals surface area (Å²) in [4.78, 5) is 10.0. The van der Waals surface area contributed by atoms with Crippen molar-refractivity contribution in [2.24, 2.45) is 0 Å². The lowest BCUT2D eigenvalue weighted by Gasteiger charge is -2.19. The van der Waals surface area contributed by atoms with Crippen molar-refractivity contribution in [1.82, 2.24) is 24.9 Å². The van der Waals surface area contributed by atoms with Gasteiger partial charge in [-0.1, -0.05) is 26.2 Å². The molecule has 5 heteroatoms. The fourth-order valence-electron chi connectivity index (χ4n) is 3.43. The minimum atomic E-state index is 1.18.